The molecule has 2 aliphatic heterocycles. The average Bonchev–Trinajstić information content (AvgIpc) is 3.58. The zero-order valence-electron chi connectivity index (χ0n) is 20.0. The fraction of sp³-hybridized carbons (Fsp3) is 0.385. The molecule has 2 aliphatic rings. The number of likely N-dealkylation sites (tertiary alicyclic amines) is 2. The second-order valence-corrected chi connectivity index (χ2v) is 8.52. The van der Waals surface area contributed by atoms with Crippen LogP contribution in [0.2, 0.25) is 0 Å². The fourth-order valence-electron chi connectivity index (χ4n) is 4.13. The highest BCUT2D eigenvalue weighted by atomic mass is 16.6. The Bertz CT molecular complexity index is 949. The fourth-order valence-corrected chi connectivity index (χ4v) is 4.13. The van der Waals surface area contributed by atoms with Crippen molar-refractivity contribution in [1.29, 1.82) is 0 Å². The SMILES string of the molecule is NC(=O)C1CCCN1C(=O)OCc1ccccc1.O=C(O)C1CCCN1C(=O)OCc1ccccc1. The summed E-state index contributed by atoms with van der Waals surface area (Å²) in [5, 5.41) is 8.97. The number of benzene rings is 2. The lowest BCUT2D eigenvalue weighted by Crippen LogP contribution is -2.43. The van der Waals surface area contributed by atoms with Crippen molar-refractivity contribution in [2.75, 3.05) is 13.1 Å². The van der Waals surface area contributed by atoms with Crippen LogP contribution >= 0.6 is 0 Å². The number of nitrogens with zero attached hydrogens (tertiary/aromatic N) is 2. The van der Waals surface area contributed by atoms with Gasteiger partial charge in [-0.05, 0) is 36.8 Å². The summed E-state index contributed by atoms with van der Waals surface area (Å²) >= 11 is 0. The number of carbonyl (C=O) groups is 4. The van der Waals surface area contributed by atoms with Crippen LogP contribution in [0.15, 0.2) is 60.7 Å². The van der Waals surface area contributed by atoms with Crippen LogP contribution in [0.25, 0.3) is 0 Å². The number of amides is 3. The first-order valence-corrected chi connectivity index (χ1v) is 11.8. The molecule has 2 aromatic carbocycles. The van der Waals surface area contributed by atoms with E-state index in [1.54, 1.807) is 0 Å². The Kier molecular flexibility index (Phi) is 9.67. The van der Waals surface area contributed by atoms with Crippen molar-refractivity contribution in [3.8, 4) is 0 Å². The van der Waals surface area contributed by atoms with Crippen LogP contribution < -0.4 is 5.73 Å². The van der Waals surface area contributed by atoms with Gasteiger partial charge in [-0.1, -0.05) is 60.7 Å². The number of ether oxygens (including phenoxy) is 2. The molecule has 36 heavy (non-hydrogen) atoms. The molecule has 4 rings (SSSR count). The maximum Gasteiger partial charge on any atom is 0.410 e. The number of carboxylic acids is 1. The Labute approximate surface area is 209 Å². The van der Waals surface area contributed by atoms with Gasteiger partial charge in [0.15, 0.2) is 0 Å². The number of hydrogen-bond donors (Lipinski definition) is 2. The summed E-state index contributed by atoms with van der Waals surface area (Å²) in [7, 11) is 0. The van der Waals surface area contributed by atoms with E-state index < -0.39 is 36.1 Å². The highest BCUT2D eigenvalue weighted by Gasteiger charge is 2.35. The minimum atomic E-state index is -0.968. The molecule has 2 aromatic rings. The Morgan fingerprint density at radius 3 is 1.58 bits per heavy atom. The van der Waals surface area contributed by atoms with E-state index in [9.17, 15) is 19.2 Å². The molecule has 0 bridgehead atoms. The highest BCUT2D eigenvalue weighted by Crippen LogP contribution is 2.19. The lowest BCUT2D eigenvalue weighted by Gasteiger charge is -2.21. The molecular formula is C26H31N3O7. The van der Waals surface area contributed by atoms with Gasteiger partial charge in [-0.15, -0.1) is 0 Å². The Morgan fingerprint density at radius 1 is 0.750 bits per heavy atom. The average molecular weight is 498 g/mol. The predicted octanol–water partition coefficient (Wildman–Crippen LogP) is 3.15. The monoisotopic (exact) mass is 497 g/mol. The maximum atomic E-state index is 11.8. The third-order valence-corrected chi connectivity index (χ3v) is 6.00. The largest absolute Gasteiger partial charge is 0.480 e. The van der Waals surface area contributed by atoms with E-state index in [1.165, 1.54) is 9.80 Å². The molecule has 0 aromatic heterocycles. The van der Waals surface area contributed by atoms with Crippen molar-refractivity contribution in [2.45, 2.75) is 51.0 Å². The summed E-state index contributed by atoms with van der Waals surface area (Å²) in [5.74, 6) is -1.44. The number of aliphatic carboxylic acids is 1. The number of hydrogen-bond acceptors (Lipinski definition) is 6. The second kappa shape index (κ2) is 13.1. The molecule has 2 fully saturated rings. The smallest absolute Gasteiger partial charge is 0.410 e. The van der Waals surface area contributed by atoms with Crippen LogP contribution in [-0.4, -0.2) is 64.1 Å². The first-order chi connectivity index (χ1) is 17.4. The summed E-state index contributed by atoms with van der Waals surface area (Å²) in [6.45, 7) is 1.36. The van der Waals surface area contributed by atoms with Gasteiger partial charge in [0.05, 0.1) is 0 Å². The standard InChI is InChI=1S/C13H16N2O3.C13H15NO4/c14-12(16)11-7-4-8-15(11)13(17)18-9-10-5-2-1-3-6-10;15-12(16)11-7-4-8-14(11)13(17)18-9-10-5-2-1-3-6-10/h1-3,5-6,11H,4,7-9H2,(H2,14,16);1-3,5-6,11H,4,7-9H2,(H,15,16). The zero-order valence-corrected chi connectivity index (χ0v) is 20.0. The van der Waals surface area contributed by atoms with E-state index in [-0.39, 0.29) is 13.2 Å². The molecular weight excluding hydrogens is 466 g/mol. The molecule has 2 saturated heterocycles. The summed E-state index contributed by atoms with van der Waals surface area (Å²) in [4.78, 5) is 48.4. The van der Waals surface area contributed by atoms with Gasteiger partial charge in [-0.2, -0.15) is 0 Å². The van der Waals surface area contributed by atoms with Crippen LogP contribution in [-0.2, 0) is 32.3 Å². The van der Waals surface area contributed by atoms with Crippen LogP contribution in [0.1, 0.15) is 36.8 Å². The molecule has 0 spiro atoms. The number of carbonyl (C=O) groups excluding carboxylic acids is 3. The Balaban J connectivity index is 0.000000201. The van der Waals surface area contributed by atoms with E-state index in [0.717, 1.165) is 17.5 Å². The lowest BCUT2D eigenvalue weighted by atomic mass is 10.2. The van der Waals surface area contributed by atoms with Crippen LogP contribution in [0.3, 0.4) is 0 Å². The molecule has 3 N–H and O–H groups in total. The molecule has 0 aliphatic carbocycles. The first kappa shape index (κ1) is 26.5. The van der Waals surface area contributed by atoms with Crippen molar-refractivity contribution in [3.63, 3.8) is 0 Å². The van der Waals surface area contributed by atoms with Crippen LogP contribution in [0, 0.1) is 0 Å². The summed E-state index contributed by atoms with van der Waals surface area (Å²) in [6.07, 6.45) is 1.58. The predicted molar refractivity (Wildman–Crippen MR) is 130 cm³/mol. The number of nitrogens with two attached hydrogens (primary N) is 1. The van der Waals surface area contributed by atoms with Gasteiger partial charge in [0, 0.05) is 13.1 Å². The van der Waals surface area contributed by atoms with Crippen LogP contribution in [0.4, 0.5) is 9.59 Å². The molecule has 3 amide bonds. The number of primary amides is 1. The maximum absolute atomic E-state index is 11.8. The molecule has 10 nitrogen and oxygen atoms in total. The second-order valence-electron chi connectivity index (χ2n) is 8.52. The van der Waals surface area contributed by atoms with Gasteiger partial charge in [-0.3, -0.25) is 14.6 Å². The number of carboxylic acid groups (broad SMARTS) is 1. The van der Waals surface area contributed by atoms with Gasteiger partial charge >= 0.3 is 18.2 Å². The molecule has 2 heterocycles. The summed E-state index contributed by atoms with van der Waals surface area (Å²) in [5.41, 5.74) is 7.05. The van der Waals surface area contributed by atoms with Gasteiger partial charge < -0.3 is 20.3 Å². The highest BCUT2D eigenvalue weighted by molar-refractivity contribution is 5.84. The van der Waals surface area contributed by atoms with Gasteiger partial charge in [0.1, 0.15) is 25.3 Å². The third-order valence-electron chi connectivity index (χ3n) is 6.00. The van der Waals surface area contributed by atoms with E-state index in [0.29, 0.717) is 32.4 Å². The van der Waals surface area contributed by atoms with Crippen LogP contribution in [0.5, 0.6) is 0 Å². The van der Waals surface area contributed by atoms with E-state index >= 15 is 0 Å². The quantitative estimate of drug-likeness (QED) is 0.625. The zero-order chi connectivity index (χ0) is 25.9. The van der Waals surface area contributed by atoms with E-state index in [4.69, 9.17) is 20.3 Å². The molecule has 0 radical (unpaired) electrons. The minimum Gasteiger partial charge on any atom is -0.480 e. The van der Waals surface area contributed by atoms with Gasteiger partial charge in [0.2, 0.25) is 5.91 Å². The summed E-state index contributed by atoms with van der Waals surface area (Å²) < 4.78 is 10.3. The Hall–Kier alpha value is -4.08. The molecule has 10 heteroatoms. The van der Waals surface area contributed by atoms with Crippen molar-refractivity contribution in [3.05, 3.63) is 71.8 Å². The lowest BCUT2D eigenvalue weighted by molar-refractivity contribution is -0.141. The molecule has 192 valence electrons. The first-order valence-electron chi connectivity index (χ1n) is 11.8. The van der Waals surface area contributed by atoms with Crippen molar-refractivity contribution in [2.24, 2.45) is 5.73 Å². The topological polar surface area (TPSA) is 139 Å². The van der Waals surface area contributed by atoms with Gasteiger partial charge in [-0.25, -0.2) is 14.4 Å². The molecule has 2 atom stereocenters. The molecule has 2 unspecified atom stereocenters. The van der Waals surface area contributed by atoms with E-state index in [1.807, 2.05) is 60.7 Å². The minimum absolute atomic E-state index is 0.169. The molecule has 0 saturated carbocycles. The third kappa shape index (κ3) is 7.46. The van der Waals surface area contributed by atoms with Crippen molar-refractivity contribution < 1.29 is 33.8 Å². The van der Waals surface area contributed by atoms with Gasteiger partial charge in [0.25, 0.3) is 0 Å². The summed E-state index contributed by atoms with van der Waals surface area (Å²) in [6, 6.07) is 17.5. The van der Waals surface area contributed by atoms with E-state index in [2.05, 4.69) is 0 Å². The Morgan fingerprint density at radius 2 is 1.17 bits per heavy atom. The van der Waals surface area contributed by atoms with Crippen molar-refractivity contribution in [1.82, 2.24) is 9.80 Å². The normalized spacial score (nSPS) is 18.7. The number of rotatable bonds is 6. The van der Waals surface area contributed by atoms with Crippen molar-refractivity contribution >= 4 is 24.1 Å².